The van der Waals surface area contributed by atoms with Gasteiger partial charge in [-0.25, -0.2) is 9.59 Å². The molecule has 9 nitrogen and oxygen atoms in total. The lowest BCUT2D eigenvalue weighted by Crippen LogP contribution is -2.32. The molecule has 176 valence electrons. The van der Waals surface area contributed by atoms with E-state index in [1.807, 2.05) is 0 Å². The number of phenolic OH excluding ortho intramolecular Hbond substituents is 1. The molecule has 34 heavy (non-hydrogen) atoms. The van der Waals surface area contributed by atoms with Crippen LogP contribution >= 0.6 is 0 Å². The third kappa shape index (κ3) is 5.32. The highest BCUT2D eigenvalue weighted by Crippen LogP contribution is 2.40. The predicted molar refractivity (Wildman–Crippen MR) is 124 cm³/mol. The number of allylic oxidation sites excluding steroid dienone is 2. The van der Waals surface area contributed by atoms with E-state index in [1.165, 1.54) is 25.3 Å². The highest BCUT2D eigenvalue weighted by molar-refractivity contribution is 6.00. The number of hydrogen-bond donors (Lipinski definition) is 2. The molecule has 1 aliphatic rings. The molecular weight excluding hydrogens is 440 g/mol. The van der Waals surface area contributed by atoms with Crippen molar-refractivity contribution in [1.82, 2.24) is 5.32 Å². The Hall–Kier alpha value is -4.40. The molecule has 1 heterocycles. The van der Waals surface area contributed by atoms with E-state index in [-0.39, 0.29) is 29.2 Å². The molecule has 1 atom stereocenters. The Labute approximate surface area is 196 Å². The number of carbonyl (C=O) groups is 2. The number of nitrogens with zero attached hydrogens (tertiary/aromatic N) is 1. The maximum atomic E-state index is 13.1. The number of non-ortho nitro benzene ring substituents is 1. The zero-order valence-corrected chi connectivity index (χ0v) is 18.9. The lowest BCUT2D eigenvalue weighted by molar-refractivity contribution is -0.384. The molecule has 0 spiro atoms. The fraction of sp³-hybridized carbons (Fsp3) is 0.200. The number of nitrogens with one attached hydrogen (secondary N) is 1. The van der Waals surface area contributed by atoms with Crippen LogP contribution in [0.15, 0.2) is 77.1 Å². The van der Waals surface area contributed by atoms with Crippen LogP contribution < -0.4 is 5.32 Å². The number of rotatable bonds is 7. The quantitative estimate of drug-likeness (QED) is 0.358. The molecule has 9 heteroatoms. The fourth-order valence-electron chi connectivity index (χ4n) is 3.77. The lowest BCUT2D eigenvalue weighted by Gasteiger charge is -2.30. The van der Waals surface area contributed by atoms with Crippen molar-refractivity contribution in [2.45, 2.75) is 19.8 Å². The van der Waals surface area contributed by atoms with Crippen molar-refractivity contribution in [3.63, 3.8) is 0 Å². The zero-order valence-electron chi connectivity index (χ0n) is 18.9. The van der Waals surface area contributed by atoms with E-state index >= 15 is 0 Å². The summed E-state index contributed by atoms with van der Waals surface area (Å²) in [6.45, 7) is 3.29. The average Bonchev–Trinajstić information content (AvgIpc) is 2.82. The number of aromatic hydroxyl groups is 1. The molecule has 0 saturated carbocycles. The summed E-state index contributed by atoms with van der Waals surface area (Å²) in [6.07, 6.45) is 3.37. The average molecular weight is 464 g/mol. The van der Waals surface area contributed by atoms with Crippen molar-refractivity contribution in [2.24, 2.45) is 0 Å². The van der Waals surface area contributed by atoms with Gasteiger partial charge in [0.1, 0.15) is 12.4 Å². The van der Waals surface area contributed by atoms with Crippen LogP contribution in [-0.4, -0.2) is 35.7 Å². The number of nitro groups is 1. The summed E-state index contributed by atoms with van der Waals surface area (Å²) in [5.41, 5.74) is 2.30. The largest absolute Gasteiger partial charge is 0.508 e. The van der Waals surface area contributed by atoms with Gasteiger partial charge in [0, 0.05) is 23.5 Å². The van der Waals surface area contributed by atoms with Crippen molar-refractivity contribution in [2.75, 3.05) is 13.7 Å². The molecule has 0 fully saturated rings. The molecule has 2 aromatic carbocycles. The number of ether oxygens (including phenoxy) is 2. The van der Waals surface area contributed by atoms with Crippen LogP contribution in [0.2, 0.25) is 0 Å². The van der Waals surface area contributed by atoms with Crippen LogP contribution in [0, 0.1) is 10.1 Å². The highest BCUT2D eigenvalue weighted by Gasteiger charge is 2.38. The van der Waals surface area contributed by atoms with Crippen LogP contribution in [0.4, 0.5) is 5.69 Å². The third-order valence-corrected chi connectivity index (χ3v) is 5.31. The topological polar surface area (TPSA) is 128 Å². The molecule has 1 unspecified atom stereocenters. The number of hydrogen-bond acceptors (Lipinski definition) is 8. The number of benzene rings is 2. The molecule has 0 saturated heterocycles. The van der Waals surface area contributed by atoms with Crippen LogP contribution in [0.25, 0.3) is 6.08 Å². The van der Waals surface area contributed by atoms with E-state index in [0.717, 1.165) is 5.56 Å². The van der Waals surface area contributed by atoms with Gasteiger partial charge in [0.05, 0.1) is 29.1 Å². The Morgan fingerprint density at radius 2 is 1.74 bits per heavy atom. The Morgan fingerprint density at radius 1 is 1.09 bits per heavy atom. The number of carbonyl (C=O) groups excluding carboxylic acids is 2. The Bertz CT molecular complexity index is 1210. The van der Waals surface area contributed by atoms with Crippen LogP contribution in [0.5, 0.6) is 5.75 Å². The van der Waals surface area contributed by atoms with Crippen molar-refractivity contribution >= 4 is 23.7 Å². The normalized spacial score (nSPS) is 15.8. The van der Waals surface area contributed by atoms with E-state index in [2.05, 4.69) is 5.32 Å². The second kappa shape index (κ2) is 10.5. The molecule has 0 bridgehead atoms. The standard InChI is InChI=1S/C25H24N2O7/c1-15-21(24(29)33-3)23(18-7-4-8-19(14-18)27(31)32)22(16(2)26-15)25(30)34-13-5-6-17-9-11-20(28)12-10-17/h4-12,14,23,26,28H,13H2,1-3H3. The minimum absolute atomic E-state index is 0.0472. The summed E-state index contributed by atoms with van der Waals surface area (Å²) >= 11 is 0. The monoisotopic (exact) mass is 464 g/mol. The van der Waals surface area contributed by atoms with Gasteiger partial charge in [-0.3, -0.25) is 10.1 Å². The van der Waals surface area contributed by atoms with Crippen molar-refractivity contribution in [3.05, 3.63) is 98.4 Å². The van der Waals surface area contributed by atoms with Crippen molar-refractivity contribution < 1.29 is 29.1 Å². The molecule has 0 aliphatic carbocycles. The lowest BCUT2D eigenvalue weighted by atomic mass is 9.80. The van der Waals surface area contributed by atoms with Gasteiger partial charge >= 0.3 is 11.9 Å². The van der Waals surface area contributed by atoms with Gasteiger partial charge in [-0.1, -0.05) is 30.3 Å². The highest BCUT2D eigenvalue weighted by atomic mass is 16.6. The molecule has 2 N–H and O–H groups in total. The summed E-state index contributed by atoms with van der Waals surface area (Å²) in [4.78, 5) is 36.6. The number of esters is 2. The van der Waals surface area contributed by atoms with E-state index in [0.29, 0.717) is 17.0 Å². The number of nitro benzene ring substituents is 1. The second-order valence-corrected chi connectivity index (χ2v) is 7.57. The van der Waals surface area contributed by atoms with Crippen molar-refractivity contribution in [1.29, 1.82) is 0 Å². The smallest absolute Gasteiger partial charge is 0.337 e. The summed E-state index contributed by atoms with van der Waals surface area (Å²) in [5, 5.41) is 23.7. The molecule has 0 amide bonds. The Balaban J connectivity index is 1.92. The van der Waals surface area contributed by atoms with Crippen molar-refractivity contribution in [3.8, 4) is 5.75 Å². The van der Waals surface area contributed by atoms with E-state index in [9.17, 15) is 24.8 Å². The summed E-state index contributed by atoms with van der Waals surface area (Å²) in [7, 11) is 1.23. The summed E-state index contributed by atoms with van der Waals surface area (Å²) in [5.74, 6) is -2.10. The number of methoxy groups -OCH3 is 1. The summed E-state index contributed by atoms with van der Waals surface area (Å²) in [6, 6.07) is 12.3. The minimum atomic E-state index is -0.915. The van der Waals surface area contributed by atoms with Gasteiger partial charge in [-0.05, 0) is 43.2 Å². The van der Waals surface area contributed by atoms with E-state index in [1.54, 1.807) is 56.3 Å². The second-order valence-electron chi connectivity index (χ2n) is 7.57. The van der Waals surface area contributed by atoms with Gasteiger partial charge in [0.2, 0.25) is 0 Å². The maximum absolute atomic E-state index is 13.1. The van der Waals surface area contributed by atoms with Crippen LogP contribution in [-0.2, 0) is 19.1 Å². The van der Waals surface area contributed by atoms with Gasteiger partial charge in [0.15, 0.2) is 0 Å². The van der Waals surface area contributed by atoms with Gasteiger partial charge in [-0.15, -0.1) is 0 Å². The van der Waals surface area contributed by atoms with Gasteiger partial charge in [0.25, 0.3) is 5.69 Å². The van der Waals surface area contributed by atoms with Gasteiger partial charge in [-0.2, -0.15) is 0 Å². The zero-order chi connectivity index (χ0) is 24.8. The fourth-order valence-corrected chi connectivity index (χ4v) is 3.77. The van der Waals surface area contributed by atoms with Crippen LogP contribution in [0.1, 0.15) is 30.9 Å². The van der Waals surface area contributed by atoms with Crippen LogP contribution in [0.3, 0.4) is 0 Å². The number of dihydropyridines is 1. The summed E-state index contributed by atoms with van der Waals surface area (Å²) < 4.78 is 10.4. The Kier molecular flexibility index (Phi) is 7.47. The first-order chi connectivity index (χ1) is 16.2. The van der Waals surface area contributed by atoms with Gasteiger partial charge < -0.3 is 19.9 Å². The maximum Gasteiger partial charge on any atom is 0.337 e. The minimum Gasteiger partial charge on any atom is -0.508 e. The molecular formula is C25H24N2O7. The molecule has 1 aliphatic heterocycles. The molecule has 0 radical (unpaired) electrons. The van der Waals surface area contributed by atoms with E-state index < -0.39 is 22.8 Å². The molecule has 2 aromatic rings. The predicted octanol–water partition coefficient (Wildman–Crippen LogP) is 3.96. The SMILES string of the molecule is COC(=O)C1=C(C)NC(C)=C(C(=O)OCC=Cc2ccc(O)cc2)C1c1cccc([N+](=O)[O-])c1. The Morgan fingerprint density at radius 3 is 2.35 bits per heavy atom. The van der Waals surface area contributed by atoms with E-state index in [4.69, 9.17) is 9.47 Å². The number of phenols is 1. The first-order valence-electron chi connectivity index (χ1n) is 10.4. The molecule has 3 rings (SSSR count). The first-order valence-corrected chi connectivity index (χ1v) is 10.4. The first kappa shape index (κ1) is 24.2. The third-order valence-electron chi connectivity index (χ3n) is 5.31. The molecule has 0 aromatic heterocycles.